The summed E-state index contributed by atoms with van der Waals surface area (Å²) in [5.41, 5.74) is -0.481. The summed E-state index contributed by atoms with van der Waals surface area (Å²) in [6, 6.07) is 10.6. The van der Waals surface area contributed by atoms with Crippen molar-refractivity contribution in [3.8, 4) is 0 Å². The van der Waals surface area contributed by atoms with Crippen molar-refractivity contribution in [2.75, 3.05) is 14.2 Å². The third-order valence-corrected chi connectivity index (χ3v) is 3.84. The molecule has 0 unspecified atom stereocenters. The Kier molecular flexibility index (Phi) is 7.35. The second-order valence-electron chi connectivity index (χ2n) is 5.91. The Hall–Kier alpha value is -3.62. The van der Waals surface area contributed by atoms with Crippen LogP contribution in [0.4, 0.5) is 13.2 Å². The van der Waals surface area contributed by atoms with Crippen LogP contribution in [0.5, 0.6) is 0 Å². The van der Waals surface area contributed by atoms with Crippen LogP contribution in [-0.4, -0.2) is 31.9 Å². The molecule has 0 N–H and O–H groups in total. The van der Waals surface area contributed by atoms with Crippen LogP contribution in [0.25, 0.3) is 5.57 Å². The van der Waals surface area contributed by atoms with Gasteiger partial charge in [-0.1, -0.05) is 41.6 Å². The van der Waals surface area contributed by atoms with Gasteiger partial charge in [0.25, 0.3) is 0 Å². The van der Waals surface area contributed by atoms with Gasteiger partial charge in [-0.25, -0.2) is 9.59 Å². The van der Waals surface area contributed by atoms with E-state index < -0.39 is 23.7 Å². The minimum atomic E-state index is -4.59. The third kappa shape index (κ3) is 5.47. The lowest BCUT2D eigenvalue weighted by atomic mass is 9.93. The number of rotatable bonds is 6. The number of benzene rings is 2. The fourth-order valence-electron chi connectivity index (χ4n) is 2.58. The van der Waals surface area contributed by atoms with Crippen molar-refractivity contribution in [3.05, 3.63) is 77.0 Å². The molecule has 9 heteroatoms. The van der Waals surface area contributed by atoms with E-state index in [1.54, 1.807) is 12.1 Å². The second kappa shape index (κ2) is 9.73. The lowest BCUT2D eigenvalue weighted by Crippen LogP contribution is -2.14. The first-order chi connectivity index (χ1) is 14.2. The van der Waals surface area contributed by atoms with Crippen LogP contribution in [0.15, 0.2) is 59.9 Å². The third-order valence-electron chi connectivity index (χ3n) is 3.84. The molecular formula is C21H18F3NO5. The average Bonchev–Trinajstić information content (AvgIpc) is 2.71. The van der Waals surface area contributed by atoms with Crippen LogP contribution in [0.2, 0.25) is 0 Å². The topological polar surface area (TPSA) is 74.2 Å². The summed E-state index contributed by atoms with van der Waals surface area (Å²) in [7, 11) is 2.50. The van der Waals surface area contributed by atoms with Gasteiger partial charge < -0.3 is 14.3 Å². The highest BCUT2D eigenvalue weighted by molar-refractivity contribution is 6.22. The van der Waals surface area contributed by atoms with E-state index in [4.69, 9.17) is 14.3 Å². The standard InChI is InChI=1S/C21H18F3NO5/c1-13(26)30-25-19(14-7-6-8-15(11-14)21(22,23)24)17-10-5-4-9-16(17)18(12-28-2)20(27)29-3/h4-12H,1-3H3. The van der Waals surface area contributed by atoms with Crippen LogP contribution in [0, 0.1) is 0 Å². The Balaban J connectivity index is 2.75. The fourth-order valence-corrected chi connectivity index (χ4v) is 2.58. The number of oxime groups is 1. The van der Waals surface area contributed by atoms with E-state index in [1.165, 1.54) is 38.5 Å². The zero-order valence-electron chi connectivity index (χ0n) is 16.3. The van der Waals surface area contributed by atoms with Gasteiger partial charge in [-0.05, 0) is 12.1 Å². The predicted molar refractivity (Wildman–Crippen MR) is 102 cm³/mol. The van der Waals surface area contributed by atoms with Crippen molar-refractivity contribution in [1.82, 2.24) is 0 Å². The summed E-state index contributed by atoms with van der Waals surface area (Å²) in [6.45, 7) is 1.10. The summed E-state index contributed by atoms with van der Waals surface area (Å²) >= 11 is 0. The zero-order chi connectivity index (χ0) is 22.3. The molecule has 0 saturated carbocycles. The molecule has 0 bridgehead atoms. The quantitative estimate of drug-likeness (QED) is 0.175. The summed E-state index contributed by atoms with van der Waals surface area (Å²) in [5, 5.41) is 3.75. The van der Waals surface area contributed by atoms with E-state index >= 15 is 0 Å². The van der Waals surface area contributed by atoms with Crippen LogP contribution in [0.3, 0.4) is 0 Å². The van der Waals surface area contributed by atoms with Gasteiger partial charge in [0.05, 0.1) is 26.0 Å². The minimum absolute atomic E-state index is 0.00176. The van der Waals surface area contributed by atoms with Gasteiger partial charge in [-0.3, -0.25) is 0 Å². The Morgan fingerprint density at radius 3 is 2.23 bits per heavy atom. The van der Waals surface area contributed by atoms with Gasteiger partial charge in [-0.15, -0.1) is 0 Å². The molecule has 0 aliphatic heterocycles. The van der Waals surface area contributed by atoms with E-state index in [0.29, 0.717) is 0 Å². The number of carbonyl (C=O) groups is 2. The minimum Gasteiger partial charge on any atom is -0.503 e. The molecule has 0 heterocycles. The van der Waals surface area contributed by atoms with Crippen LogP contribution < -0.4 is 0 Å². The van der Waals surface area contributed by atoms with Crippen LogP contribution >= 0.6 is 0 Å². The first-order valence-corrected chi connectivity index (χ1v) is 8.53. The molecule has 0 radical (unpaired) electrons. The largest absolute Gasteiger partial charge is 0.503 e. The van der Waals surface area contributed by atoms with Gasteiger partial charge in [0.15, 0.2) is 0 Å². The van der Waals surface area contributed by atoms with Crippen LogP contribution in [-0.2, 0) is 30.1 Å². The molecule has 0 atom stereocenters. The number of halogens is 3. The summed E-state index contributed by atoms with van der Waals surface area (Å²) in [6.07, 6.45) is -3.45. The molecule has 158 valence electrons. The maximum Gasteiger partial charge on any atom is 0.416 e. The van der Waals surface area contributed by atoms with Gasteiger partial charge in [0, 0.05) is 23.6 Å². The molecule has 0 saturated heterocycles. The molecule has 0 fully saturated rings. The molecule has 0 amide bonds. The maximum absolute atomic E-state index is 13.2. The normalized spacial score (nSPS) is 12.3. The highest BCUT2D eigenvalue weighted by Crippen LogP contribution is 2.31. The zero-order valence-corrected chi connectivity index (χ0v) is 16.3. The van der Waals surface area contributed by atoms with E-state index in [2.05, 4.69) is 5.16 Å². The average molecular weight is 421 g/mol. The van der Waals surface area contributed by atoms with Gasteiger partial charge in [0.1, 0.15) is 11.3 Å². The molecule has 0 aliphatic rings. The smallest absolute Gasteiger partial charge is 0.416 e. The summed E-state index contributed by atoms with van der Waals surface area (Å²) < 4.78 is 49.3. The van der Waals surface area contributed by atoms with E-state index in [1.807, 2.05) is 0 Å². The number of hydrogen-bond donors (Lipinski definition) is 0. The predicted octanol–water partition coefficient (Wildman–Crippen LogP) is 4.18. The highest BCUT2D eigenvalue weighted by Gasteiger charge is 2.31. The second-order valence-corrected chi connectivity index (χ2v) is 5.91. The lowest BCUT2D eigenvalue weighted by Gasteiger charge is -2.15. The first-order valence-electron chi connectivity index (χ1n) is 8.53. The monoisotopic (exact) mass is 421 g/mol. The molecule has 0 aromatic heterocycles. The Morgan fingerprint density at radius 2 is 1.67 bits per heavy atom. The molecular weight excluding hydrogens is 403 g/mol. The number of nitrogens with zero attached hydrogens (tertiary/aromatic N) is 1. The van der Waals surface area contributed by atoms with Crippen molar-refractivity contribution in [2.45, 2.75) is 13.1 Å². The molecule has 2 rings (SSSR count). The molecule has 2 aromatic carbocycles. The Morgan fingerprint density at radius 1 is 1.00 bits per heavy atom. The highest BCUT2D eigenvalue weighted by atomic mass is 19.4. The van der Waals surface area contributed by atoms with Crippen LogP contribution in [0.1, 0.15) is 29.2 Å². The first kappa shape index (κ1) is 22.7. The molecule has 0 aliphatic carbocycles. The van der Waals surface area contributed by atoms with Crippen molar-refractivity contribution in [2.24, 2.45) is 5.16 Å². The Labute approximate surface area is 170 Å². The Bertz CT molecular complexity index is 996. The summed E-state index contributed by atoms with van der Waals surface area (Å²) in [5.74, 6) is -1.50. The van der Waals surface area contributed by atoms with Crippen molar-refractivity contribution < 1.29 is 37.1 Å². The van der Waals surface area contributed by atoms with Crippen molar-refractivity contribution in [3.63, 3.8) is 0 Å². The van der Waals surface area contributed by atoms with Gasteiger partial charge >= 0.3 is 18.1 Å². The fraction of sp³-hybridized carbons (Fsp3) is 0.190. The SMILES string of the molecule is COC=C(C(=O)OC)c1ccccc1C(=NOC(C)=O)c1cccc(C(F)(F)F)c1. The molecule has 0 spiro atoms. The number of esters is 1. The lowest BCUT2D eigenvalue weighted by molar-refractivity contribution is -0.141. The van der Waals surface area contributed by atoms with Gasteiger partial charge in [-0.2, -0.15) is 13.2 Å². The maximum atomic E-state index is 13.2. The van der Waals surface area contributed by atoms with E-state index in [-0.39, 0.29) is 28.0 Å². The van der Waals surface area contributed by atoms with Gasteiger partial charge in [0.2, 0.25) is 0 Å². The number of hydrogen-bond acceptors (Lipinski definition) is 6. The van der Waals surface area contributed by atoms with E-state index in [0.717, 1.165) is 25.3 Å². The number of ether oxygens (including phenoxy) is 2. The van der Waals surface area contributed by atoms with Crippen molar-refractivity contribution in [1.29, 1.82) is 0 Å². The molecule has 2 aromatic rings. The molecule has 30 heavy (non-hydrogen) atoms. The van der Waals surface area contributed by atoms with Crippen molar-refractivity contribution >= 4 is 23.2 Å². The summed E-state index contributed by atoms with van der Waals surface area (Å²) in [4.78, 5) is 28.2. The number of alkyl halides is 3. The van der Waals surface area contributed by atoms with E-state index in [9.17, 15) is 22.8 Å². The number of methoxy groups -OCH3 is 2. The number of carbonyl (C=O) groups excluding carboxylic acids is 2. The molecule has 6 nitrogen and oxygen atoms in total.